The van der Waals surface area contributed by atoms with Crippen molar-refractivity contribution in [2.75, 3.05) is 0 Å². The molecule has 0 spiro atoms. The van der Waals surface area contributed by atoms with Crippen molar-refractivity contribution in [1.29, 1.82) is 0 Å². The Kier molecular flexibility index (Phi) is 13.6. The molecule has 0 aliphatic rings. The second kappa shape index (κ2) is 15.6. The number of benzene rings is 1. The molecule has 0 saturated heterocycles. The van der Waals surface area contributed by atoms with Gasteiger partial charge in [-0.05, 0) is 43.4 Å². The number of esters is 3. The first-order valence-corrected chi connectivity index (χ1v) is 13.9. The third-order valence-corrected chi connectivity index (χ3v) is 6.96. The first-order valence-electron chi connectivity index (χ1n) is 13.9. The van der Waals surface area contributed by atoms with Crippen molar-refractivity contribution in [3.8, 4) is 11.5 Å². The van der Waals surface area contributed by atoms with Crippen LogP contribution < -0.4 is 15.2 Å². The number of carbonyl (C=O) groups excluding carboxylic acids is 3. The number of hydrogen-bond acceptors (Lipinski definition) is 8. The largest absolute Gasteiger partial charge is 0.480 e. The van der Waals surface area contributed by atoms with Crippen LogP contribution in [0.1, 0.15) is 93.1 Å². The van der Waals surface area contributed by atoms with E-state index < -0.39 is 35.5 Å². The maximum atomic E-state index is 12.7. The summed E-state index contributed by atoms with van der Waals surface area (Å²) in [5.74, 6) is -3.50. The molecule has 5 atom stereocenters. The van der Waals surface area contributed by atoms with Gasteiger partial charge in [0.1, 0.15) is 11.6 Å². The van der Waals surface area contributed by atoms with E-state index in [1.807, 2.05) is 27.7 Å². The minimum Gasteiger partial charge on any atom is -0.480 e. The monoisotopic (exact) mass is 549 g/mol. The van der Waals surface area contributed by atoms with Gasteiger partial charge in [0.25, 0.3) is 0 Å². The SMILES string of the molecule is CCCC(C)C(=O)Oc1ccc(CC(N)(C[C@H](C)OC(=O)C(C)C(C)C)C(=O)O)cc1OC(=O)C(C)CCC. The first kappa shape index (κ1) is 34.1. The van der Waals surface area contributed by atoms with Crippen molar-refractivity contribution >= 4 is 23.9 Å². The highest BCUT2D eigenvalue weighted by molar-refractivity contribution is 5.80. The molecule has 4 unspecified atom stereocenters. The molecule has 0 saturated carbocycles. The molecule has 1 aromatic carbocycles. The summed E-state index contributed by atoms with van der Waals surface area (Å²) in [6, 6.07) is 4.54. The molecule has 1 rings (SSSR count). The van der Waals surface area contributed by atoms with Crippen LogP contribution in [0.3, 0.4) is 0 Å². The number of hydrogen-bond donors (Lipinski definition) is 2. The average molecular weight is 550 g/mol. The molecule has 0 aliphatic heterocycles. The van der Waals surface area contributed by atoms with Crippen LogP contribution in [0.5, 0.6) is 11.5 Å². The lowest BCUT2D eigenvalue weighted by molar-refractivity contribution is -0.157. The minimum absolute atomic E-state index is 0.0236. The summed E-state index contributed by atoms with van der Waals surface area (Å²) in [7, 11) is 0. The van der Waals surface area contributed by atoms with E-state index in [4.69, 9.17) is 19.9 Å². The molecular formula is C30H47NO8. The number of ether oxygens (including phenoxy) is 3. The Balaban J connectivity index is 3.26. The molecule has 9 heteroatoms. The molecule has 0 bridgehead atoms. The van der Waals surface area contributed by atoms with Gasteiger partial charge in [0.2, 0.25) is 0 Å². The van der Waals surface area contributed by atoms with Crippen LogP contribution in [-0.2, 0) is 30.3 Å². The fourth-order valence-electron chi connectivity index (χ4n) is 4.08. The molecule has 0 aromatic heterocycles. The number of carbonyl (C=O) groups is 4. The Morgan fingerprint density at radius 2 is 1.36 bits per heavy atom. The maximum Gasteiger partial charge on any atom is 0.324 e. The van der Waals surface area contributed by atoms with Crippen LogP contribution in [0.4, 0.5) is 0 Å². The van der Waals surface area contributed by atoms with Gasteiger partial charge in [0.15, 0.2) is 11.5 Å². The second-order valence-electron chi connectivity index (χ2n) is 11.1. The summed E-state index contributed by atoms with van der Waals surface area (Å²) in [6.07, 6.45) is 1.85. The van der Waals surface area contributed by atoms with Gasteiger partial charge in [-0.3, -0.25) is 19.2 Å². The zero-order chi connectivity index (χ0) is 29.9. The van der Waals surface area contributed by atoms with E-state index in [-0.39, 0.29) is 48.0 Å². The average Bonchev–Trinajstić information content (AvgIpc) is 2.84. The molecule has 39 heavy (non-hydrogen) atoms. The van der Waals surface area contributed by atoms with E-state index in [0.29, 0.717) is 18.4 Å². The summed E-state index contributed by atoms with van der Waals surface area (Å²) in [6.45, 7) is 14.6. The van der Waals surface area contributed by atoms with E-state index in [1.54, 1.807) is 33.8 Å². The number of carboxylic acids is 1. The highest BCUT2D eigenvalue weighted by Crippen LogP contribution is 2.32. The molecule has 1 aromatic rings. The van der Waals surface area contributed by atoms with Gasteiger partial charge in [-0.25, -0.2) is 0 Å². The van der Waals surface area contributed by atoms with Gasteiger partial charge in [-0.1, -0.05) is 67.4 Å². The van der Waals surface area contributed by atoms with Gasteiger partial charge in [-0.2, -0.15) is 0 Å². The minimum atomic E-state index is -1.77. The number of nitrogens with two attached hydrogens (primary N) is 1. The van der Waals surface area contributed by atoms with Crippen molar-refractivity contribution in [1.82, 2.24) is 0 Å². The molecule has 220 valence electrons. The van der Waals surface area contributed by atoms with Gasteiger partial charge < -0.3 is 25.1 Å². The van der Waals surface area contributed by atoms with Crippen LogP contribution in [0, 0.1) is 23.7 Å². The van der Waals surface area contributed by atoms with E-state index >= 15 is 0 Å². The van der Waals surface area contributed by atoms with Crippen molar-refractivity contribution < 1.29 is 38.5 Å². The smallest absolute Gasteiger partial charge is 0.324 e. The summed E-state index contributed by atoms with van der Waals surface area (Å²) in [4.78, 5) is 49.9. The molecule has 0 fully saturated rings. The molecule has 0 heterocycles. The lowest BCUT2D eigenvalue weighted by Crippen LogP contribution is -2.52. The summed E-state index contributed by atoms with van der Waals surface area (Å²) < 4.78 is 16.7. The zero-order valence-electron chi connectivity index (χ0n) is 24.7. The normalized spacial score (nSPS) is 15.9. The van der Waals surface area contributed by atoms with Gasteiger partial charge in [0.05, 0.1) is 17.8 Å². The molecule has 9 nitrogen and oxygen atoms in total. The fraction of sp³-hybridized carbons (Fsp3) is 0.667. The van der Waals surface area contributed by atoms with Crippen LogP contribution >= 0.6 is 0 Å². The predicted octanol–water partition coefficient (Wildman–Crippen LogP) is 5.31. The van der Waals surface area contributed by atoms with Crippen molar-refractivity contribution in [2.45, 2.75) is 106 Å². The van der Waals surface area contributed by atoms with Crippen LogP contribution in [0.15, 0.2) is 18.2 Å². The van der Waals surface area contributed by atoms with Gasteiger partial charge in [-0.15, -0.1) is 0 Å². The van der Waals surface area contributed by atoms with E-state index in [9.17, 15) is 24.3 Å². The lowest BCUT2D eigenvalue weighted by atomic mass is 9.86. The van der Waals surface area contributed by atoms with Gasteiger partial charge in [0, 0.05) is 12.8 Å². The third kappa shape index (κ3) is 10.6. The predicted molar refractivity (Wildman–Crippen MR) is 148 cm³/mol. The van der Waals surface area contributed by atoms with Crippen LogP contribution in [0.25, 0.3) is 0 Å². The Morgan fingerprint density at radius 1 is 0.846 bits per heavy atom. The number of carboxylic acid groups (broad SMARTS) is 1. The fourth-order valence-corrected chi connectivity index (χ4v) is 4.08. The molecular weight excluding hydrogens is 502 g/mol. The first-order chi connectivity index (χ1) is 18.1. The number of rotatable bonds is 16. The molecule has 3 N–H and O–H groups in total. The lowest BCUT2D eigenvalue weighted by Gasteiger charge is -2.29. The zero-order valence-corrected chi connectivity index (χ0v) is 24.7. The standard InChI is InChI=1S/C30H47NO8/c1-9-11-19(5)26(32)38-24-14-13-23(15-25(24)39-27(33)20(6)12-10-2)17-30(31,29(35)36)16-21(7)37-28(34)22(8)18(3)4/h13-15,18-22H,9-12,16-17,31H2,1-8H3,(H,35,36)/t19?,20?,21-,22?,30?/m0/s1. The highest BCUT2D eigenvalue weighted by atomic mass is 16.6. The Labute approximate surface area is 232 Å². The Morgan fingerprint density at radius 3 is 1.82 bits per heavy atom. The Hall–Kier alpha value is -2.94. The number of aliphatic carboxylic acids is 1. The topological polar surface area (TPSA) is 142 Å². The van der Waals surface area contributed by atoms with E-state index in [1.165, 1.54) is 12.1 Å². The maximum absolute atomic E-state index is 12.7. The Bertz CT molecular complexity index is 991. The molecule has 0 aliphatic carbocycles. The van der Waals surface area contributed by atoms with E-state index in [2.05, 4.69) is 0 Å². The van der Waals surface area contributed by atoms with Crippen LogP contribution in [0.2, 0.25) is 0 Å². The summed E-state index contributed by atoms with van der Waals surface area (Å²) in [5, 5.41) is 9.99. The third-order valence-electron chi connectivity index (χ3n) is 6.96. The van der Waals surface area contributed by atoms with Crippen molar-refractivity contribution in [3.63, 3.8) is 0 Å². The van der Waals surface area contributed by atoms with Crippen molar-refractivity contribution in [3.05, 3.63) is 23.8 Å². The molecule has 0 amide bonds. The van der Waals surface area contributed by atoms with Crippen molar-refractivity contribution in [2.24, 2.45) is 29.4 Å². The molecule has 0 radical (unpaired) electrons. The summed E-state index contributed by atoms with van der Waals surface area (Å²) >= 11 is 0. The van der Waals surface area contributed by atoms with Crippen LogP contribution in [-0.4, -0.2) is 40.6 Å². The second-order valence-corrected chi connectivity index (χ2v) is 11.1. The quantitative estimate of drug-likeness (QED) is 0.207. The van der Waals surface area contributed by atoms with E-state index in [0.717, 1.165) is 12.8 Å². The summed E-state index contributed by atoms with van der Waals surface area (Å²) in [5.41, 5.74) is 5.02. The van der Waals surface area contributed by atoms with Gasteiger partial charge >= 0.3 is 23.9 Å². The highest BCUT2D eigenvalue weighted by Gasteiger charge is 2.38.